The Kier molecular flexibility index (Phi) is 3.33. The van der Waals surface area contributed by atoms with Crippen LogP contribution < -0.4 is 0 Å². The van der Waals surface area contributed by atoms with Crippen LogP contribution in [0.5, 0.6) is 0 Å². The summed E-state index contributed by atoms with van der Waals surface area (Å²) >= 11 is 6.53. The van der Waals surface area contributed by atoms with Crippen molar-refractivity contribution in [1.29, 1.82) is 0 Å². The van der Waals surface area contributed by atoms with Crippen LogP contribution in [0.1, 0.15) is 5.56 Å². The Bertz CT molecular complexity index is 364. The van der Waals surface area contributed by atoms with E-state index in [9.17, 15) is 4.79 Å². The molecule has 1 aliphatic heterocycles. The Hall–Kier alpha value is -0.940. The maximum atomic E-state index is 11.4. The average molecular weight is 238 g/mol. The molecule has 0 spiro atoms. The molecule has 1 aliphatic rings. The lowest BCUT2D eigenvalue weighted by molar-refractivity contribution is -0.123. The van der Waals surface area contributed by atoms with Crippen molar-refractivity contribution >= 4 is 34.2 Å². The largest absolute Gasteiger partial charge is 0.297 e. The minimum atomic E-state index is 0.119. The van der Waals surface area contributed by atoms with Gasteiger partial charge in [0.2, 0.25) is 5.91 Å². The molecule has 0 aliphatic carbocycles. The fourth-order valence-electron chi connectivity index (χ4n) is 1.38. The lowest BCUT2D eigenvalue weighted by Gasteiger charge is -2.14. The van der Waals surface area contributed by atoms with Crippen LogP contribution in [-0.2, 0) is 11.2 Å². The lowest BCUT2D eigenvalue weighted by atomic mass is 10.2. The third kappa shape index (κ3) is 2.54. The van der Waals surface area contributed by atoms with Crippen molar-refractivity contribution in [2.45, 2.75) is 6.42 Å². The molecule has 2 heterocycles. The van der Waals surface area contributed by atoms with Crippen LogP contribution in [0, 0.1) is 0 Å². The molecule has 0 saturated carbocycles. The SMILES string of the molecule is O=C1CSC(=S)N1CCc1cccnc1. The Morgan fingerprint density at radius 3 is 3.07 bits per heavy atom. The van der Waals surface area contributed by atoms with Crippen molar-refractivity contribution in [3.8, 4) is 0 Å². The van der Waals surface area contributed by atoms with Gasteiger partial charge in [0.15, 0.2) is 0 Å². The standard InChI is InChI=1S/C10H10N2OS2/c13-9-7-15-10(14)12(9)5-3-8-2-1-4-11-6-8/h1-2,4,6H,3,5,7H2. The molecule has 0 bridgehead atoms. The first-order chi connectivity index (χ1) is 7.27. The number of hydrogen-bond donors (Lipinski definition) is 0. The number of hydrogen-bond acceptors (Lipinski definition) is 4. The van der Waals surface area contributed by atoms with Gasteiger partial charge in [-0.15, -0.1) is 0 Å². The predicted molar refractivity (Wildman–Crippen MR) is 64.7 cm³/mol. The quantitative estimate of drug-likeness (QED) is 0.747. The number of carbonyl (C=O) groups is 1. The second-order valence-electron chi connectivity index (χ2n) is 3.21. The summed E-state index contributed by atoms with van der Waals surface area (Å²) in [7, 11) is 0. The van der Waals surface area contributed by atoms with Crippen molar-refractivity contribution in [3.63, 3.8) is 0 Å². The highest BCUT2D eigenvalue weighted by Gasteiger charge is 2.25. The van der Waals surface area contributed by atoms with Crippen LogP contribution in [0.15, 0.2) is 24.5 Å². The molecular weight excluding hydrogens is 228 g/mol. The van der Waals surface area contributed by atoms with E-state index < -0.39 is 0 Å². The molecule has 0 atom stereocenters. The van der Waals surface area contributed by atoms with Gasteiger partial charge in [-0.3, -0.25) is 14.7 Å². The van der Waals surface area contributed by atoms with Gasteiger partial charge in [-0.25, -0.2) is 0 Å². The summed E-state index contributed by atoms with van der Waals surface area (Å²) in [6.07, 6.45) is 4.36. The number of pyridine rings is 1. The van der Waals surface area contributed by atoms with Crippen LogP contribution >= 0.6 is 24.0 Å². The second kappa shape index (κ2) is 4.72. The highest BCUT2D eigenvalue weighted by Crippen LogP contribution is 2.19. The van der Waals surface area contributed by atoms with Gasteiger partial charge in [0.05, 0.1) is 5.75 Å². The summed E-state index contributed by atoms with van der Waals surface area (Å²) in [6, 6.07) is 3.90. The first-order valence-electron chi connectivity index (χ1n) is 4.63. The highest BCUT2D eigenvalue weighted by molar-refractivity contribution is 8.23. The fourth-order valence-corrected chi connectivity index (χ4v) is 2.51. The molecule has 0 radical (unpaired) electrons. The predicted octanol–water partition coefficient (Wildman–Crippen LogP) is 1.48. The summed E-state index contributed by atoms with van der Waals surface area (Å²) in [6.45, 7) is 0.663. The summed E-state index contributed by atoms with van der Waals surface area (Å²) < 4.78 is 0.698. The zero-order valence-electron chi connectivity index (χ0n) is 8.05. The fraction of sp³-hybridized carbons (Fsp3) is 0.300. The Morgan fingerprint density at radius 2 is 2.47 bits per heavy atom. The minimum absolute atomic E-state index is 0.119. The Labute approximate surface area is 97.9 Å². The molecule has 15 heavy (non-hydrogen) atoms. The van der Waals surface area contributed by atoms with Gasteiger partial charge in [-0.1, -0.05) is 30.0 Å². The molecule has 3 nitrogen and oxygen atoms in total. The van der Waals surface area contributed by atoms with Gasteiger partial charge >= 0.3 is 0 Å². The van der Waals surface area contributed by atoms with Crippen LogP contribution in [0.3, 0.4) is 0 Å². The minimum Gasteiger partial charge on any atom is -0.297 e. The molecule has 2 rings (SSSR count). The highest BCUT2D eigenvalue weighted by atomic mass is 32.2. The van der Waals surface area contributed by atoms with Crippen molar-refractivity contribution in [1.82, 2.24) is 9.88 Å². The lowest BCUT2D eigenvalue weighted by Crippen LogP contribution is -2.30. The molecule has 1 aromatic rings. The zero-order chi connectivity index (χ0) is 10.7. The number of amides is 1. The van der Waals surface area contributed by atoms with Gasteiger partial charge in [0.1, 0.15) is 4.32 Å². The normalized spacial score (nSPS) is 16.1. The van der Waals surface area contributed by atoms with Crippen molar-refractivity contribution in [2.75, 3.05) is 12.3 Å². The molecule has 0 N–H and O–H groups in total. The van der Waals surface area contributed by atoms with E-state index in [1.165, 1.54) is 11.8 Å². The van der Waals surface area contributed by atoms with Crippen LogP contribution in [0.4, 0.5) is 0 Å². The average Bonchev–Trinajstić information content (AvgIpc) is 2.58. The second-order valence-corrected chi connectivity index (χ2v) is 4.82. The summed E-state index contributed by atoms with van der Waals surface area (Å²) in [5.41, 5.74) is 1.13. The molecule has 5 heteroatoms. The van der Waals surface area contributed by atoms with Crippen molar-refractivity contribution < 1.29 is 4.79 Å². The summed E-state index contributed by atoms with van der Waals surface area (Å²) in [5, 5.41) is 0. The van der Waals surface area contributed by atoms with Gasteiger partial charge in [-0.05, 0) is 18.1 Å². The molecule has 1 saturated heterocycles. The number of aromatic nitrogens is 1. The van der Waals surface area contributed by atoms with E-state index in [1.807, 2.05) is 18.3 Å². The van der Waals surface area contributed by atoms with E-state index >= 15 is 0 Å². The van der Waals surface area contributed by atoms with E-state index in [-0.39, 0.29) is 5.91 Å². The molecule has 1 fully saturated rings. The maximum Gasteiger partial charge on any atom is 0.238 e. The van der Waals surface area contributed by atoms with Crippen LogP contribution in [-0.4, -0.2) is 32.4 Å². The van der Waals surface area contributed by atoms with E-state index in [0.29, 0.717) is 16.6 Å². The van der Waals surface area contributed by atoms with Crippen molar-refractivity contribution in [3.05, 3.63) is 30.1 Å². The smallest absolute Gasteiger partial charge is 0.238 e. The third-order valence-electron chi connectivity index (χ3n) is 2.19. The molecular formula is C10H10N2OS2. The van der Waals surface area contributed by atoms with Gasteiger partial charge in [-0.2, -0.15) is 0 Å². The topological polar surface area (TPSA) is 33.2 Å². The molecule has 0 unspecified atom stereocenters. The Morgan fingerprint density at radius 1 is 1.60 bits per heavy atom. The summed E-state index contributed by atoms with van der Waals surface area (Å²) in [4.78, 5) is 17.1. The maximum absolute atomic E-state index is 11.4. The molecule has 78 valence electrons. The number of carbonyl (C=O) groups excluding carboxylic acids is 1. The van der Waals surface area contributed by atoms with Gasteiger partial charge in [0.25, 0.3) is 0 Å². The zero-order valence-corrected chi connectivity index (χ0v) is 9.68. The molecule has 1 amide bonds. The van der Waals surface area contributed by atoms with Gasteiger partial charge < -0.3 is 0 Å². The third-order valence-corrected chi connectivity index (χ3v) is 3.62. The molecule has 0 aromatic carbocycles. The number of rotatable bonds is 3. The van der Waals surface area contributed by atoms with Crippen molar-refractivity contribution in [2.24, 2.45) is 0 Å². The van der Waals surface area contributed by atoms with Gasteiger partial charge in [0, 0.05) is 18.9 Å². The van der Waals surface area contributed by atoms with E-state index in [0.717, 1.165) is 12.0 Å². The first-order valence-corrected chi connectivity index (χ1v) is 6.03. The first kappa shape index (κ1) is 10.6. The van der Waals surface area contributed by atoms with E-state index in [2.05, 4.69) is 4.98 Å². The molecule has 1 aromatic heterocycles. The number of thiocarbonyl (C=S) groups is 1. The van der Waals surface area contributed by atoms with Crippen LogP contribution in [0.25, 0.3) is 0 Å². The van der Waals surface area contributed by atoms with Crippen LogP contribution in [0.2, 0.25) is 0 Å². The Balaban J connectivity index is 1.93. The number of thioether (sulfide) groups is 1. The van der Waals surface area contributed by atoms with E-state index in [1.54, 1.807) is 11.1 Å². The number of nitrogens with zero attached hydrogens (tertiary/aromatic N) is 2. The van der Waals surface area contributed by atoms with E-state index in [4.69, 9.17) is 12.2 Å². The summed E-state index contributed by atoms with van der Waals surface area (Å²) in [5.74, 6) is 0.611. The monoisotopic (exact) mass is 238 g/mol.